The number of aliphatic hydroxyl groups is 1. The third-order valence-electron chi connectivity index (χ3n) is 5.51. The molecule has 9 nitrogen and oxygen atoms in total. The molecule has 1 aliphatic rings. The monoisotopic (exact) mass is 525 g/mol. The number of thiazole rings is 2. The van der Waals surface area contributed by atoms with Gasteiger partial charge in [0.25, 0.3) is 5.91 Å². The number of aryl methyl sites for hydroxylation is 3. The predicted octanol–water partition coefficient (Wildman–Crippen LogP) is 4.66. The summed E-state index contributed by atoms with van der Waals surface area (Å²) < 4.78 is 10.7. The van der Waals surface area contributed by atoms with Crippen LogP contribution < -0.4 is 9.64 Å². The molecule has 2 aromatic heterocycles. The van der Waals surface area contributed by atoms with Gasteiger partial charge in [-0.15, -0.1) is 11.3 Å². The van der Waals surface area contributed by atoms with Gasteiger partial charge in [-0.3, -0.25) is 14.5 Å². The standard InChI is InChI=1S/C25H23N3O6S2/c1-6-11-34-24(32)22-13(3)27-25(36-22)28-18(15-9-7-8-10-16(15)33-5)17(20(30)23(28)31)19(29)21-12(2)26-14(4)35-21/h6-10,18,30H,1,11H2,2-5H3. The fourth-order valence-electron chi connectivity index (χ4n) is 3.96. The van der Waals surface area contributed by atoms with Crippen LogP contribution in [0.15, 0.2) is 48.3 Å². The number of nitrogens with zero attached hydrogens (tertiary/aromatic N) is 3. The molecule has 1 unspecified atom stereocenters. The van der Waals surface area contributed by atoms with Crippen molar-refractivity contribution < 1.29 is 29.0 Å². The quantitative estimate of drug-likeness (QED) is 0.256. The molecule has 0 saturated carbocycles. The molecule has 4 rings (SSSR count). The van der Waals surface area contributed by atoms with Gasteiger partial charge in [0.2, 0.25) is 5.78 Å². The number of Topliss-reactive ketones (excluding diaryl/α,β-unsaturated/α-hetero) is 1. The van der Waals surface area contributed by atoms with Crippen LogP contribution in [0.4, 0.5) is 5.13 Å². The van der Waals surface area contributed by atoms with Crippen LogP contribution >= 0.6 is 22.7 Å². The van der Waals surface area contributed by atoms with E-state index in [1.807, 2.05) is 0 Å². The summed E-state index contributed by atoms with van der Waals surface area (Å²) in [5.74, 6) is -2.21. The lowest BCUT2D eigenvalue weighted by Crippen LogP contribution is -2.31. The van der Waals surface area contributed by atoms with E-state index in [2.05, 4.69) is 16.5 Å². The van der Waals surface area contributed by atoms with E-state index in [1.54, 1.807) is 45.0 Å². The number of carbonyl (C=O) groups excluding carboxylic acids is 3. The highest BCUT2D eigenvalue weighted by atomic mass is 32.1. The van der Waals surface area contributed by atoms with E-state index < -0.39 is 29.5 Å². The highest BCUT2D eigenvalue weighted by molar-refractivity contribution is 7.17. The van der Waals surface area contributed by atoms with Crippen LogP contribution in [0.25, 0.3) is 0 Å². The minimum absolute atomic E-state index is 0.0204. The first kappa shape index (κ1) is 25.3. The Morgan fingerprint density at radius 3 is 2.47 bits per heavy atom. The highest BCUT2D eigenvalue weighted by Gasteiger charge is 2.47. The van der Waals surface area contributed by atoms with Gasteiger partial charge in [-0.1, -0.05) is 42.2 Å². The second-order valence-electron chi connectivity index (χ2n) is 7.86. The van der Waals surface area contributed by atoms with Crippen molar-refractivity contribution in [2.75, 3.05) is 18.6 Å². The summed E-state index contributed by atoms with van der Waals surface area (Å²) in [6.45, 7) is 8.64. The van der Waals surface area contributed by atoms with Gasteiger partial charge in [0.05, 0.1) is 34.0 Å². The molecular formula is C25H23N3O6S2. The summed E-state index contributed by atoms with van der Waals surface area (Å²) in [5.41, 5.74) is 1.22. The first-order valence-corrected chi connectivity index (χ1v) is 12.5. The first-order valence-electron chi connectivity index (χ1n) is 10.8. The Hall–Kier alpha value is -3.83. The van der Waals surface area contributed by atoms with E-state index in [0.717, 1.165) is 11.3 Å². The fourth-order valence-corrected chi connectivity index (χ4v) is 5.82. The number of amides is 1. The third-order valence-corrected chi connectivity index (χ3v) is 7.71. The van der Waals surface area contributed by atoms with Gasteiger partial charge in [0.15, 0.2) is 10.9 Å². The number of hydrogen-bond donors (Lipinski definition) is 1. The molecule has 1 aromatic carbocycles. The maximum atomic E-state index is 13.7. The van der Waals surface area contributed by atoms with Crippen LogP contribution in [0.2, 0.25) is 0 Å². The predicted molar refractivity (Wildman–Crippen MR) is 136 cm³/mol. The molecule has 0 bridgehead atoms. The molecule has 0 radical (unpaired) electrons. The molecule has 1 aliphatic heterocycles. The van der Waals surface area contributed by atoms with Gasteiger partial charge in [-0.25, -0.2) is 14.8 Å². The molecule has 11 heteroatoms. The maximum Gasteiger partial charge on any atom is 0.350 e. The molecule has 0 saturated heterocycles. The van der Waals surface area contributed by atoms with Crippen molar-refractivity contribution in [1.82, 2.24) is 9.97 Å². The van der Waals surface area contributed by atoms with Crippen LogP contribution in [0.5, 0.6) is 5.75 Å². The van der Waals surface area contributed by atoms with E-state index in [1.165, 1.54) is 29.4 Å². The Labute approximate surface area is 215 Å². The van der Waals surface area contributed by atoms with Gasteiger partial charge in [-0.2, -0.15) is 0 Å². The number of rotatable bonds is 8. The lowest BCUT2D eigenvalue weighted by atomic mass is 9.94. The van der Waals surface area contributed by atoms with Gasteiger partial charge in [0, 0.05) is 5.56 Å². The minimum Gasteiger partial charge on any atom is -0.503 e. The van der Waals surface area contributed by atoms with Gasteiger partial charge < -0.3 is 14.6 Å². The normalized spacial score (nSPS) is 15.4. The number of benzene rings is 1. The second-order valence-corrected chi connectivity index (χ2v) is 10.0. The van der Waals surface area contributed by atoms with Crippen molar-refractivity contribution in [3.8, 4) is 5.75 Å². The van der Waals surface area contributed by atoms with E-state index in [9.17, 15) is 19.5 Å². The van der Waals surface area contributed by atoms with Gasteiger partial charge in [-0.05, 0) is 26.8 Å². The zero-order chi connectivity index (χ0) is 26.1. The number of esters is 1. The molecule has 1 atom stereocenters. The van der Waals surface area contributed by atoms with Crippen molar-refractivity contribution in [2.45, 2.75) is 26.8 Å². The van der Waals surface area contributed by atoms with Gasteiger partial charge in [0.1, 0.15) is 23.3 Å². The summed E-state index contributed by atoms with van der Waals surface area (Å²) in [4.78, 5) is 50.2. The van der Waals surface area contributed by atoms with Crippen molar-refractivity contribution in [3.05, 3.63) is 80.0 Å². The zero-order valence-corrected chi connectivity index (χ0v) is 21.7. The van der Waals surface area contributed by atoms with E-state index >= 15 is 0 Å². The Kier molecular flexibility index (Phi) is 7.04. The maximum absolute atomic E-state index is 13.7. The number of aliphatic hydroxyl groups excluding tert-OH is 1. The Morgan fingerprint density at radius 1 is 1.14 bits per heavy atom. The van der Waals surface area contributed by atoms with E-state index in [0.29, 0.717) is 32.6 Å². The Bertz CT molecular complexity index is 1420. The molecule has 3 aromatic rings. The molecule has 3 heterocycles. The molecule has 1 N–H and O–H groups in total. The average molecular weight is 526 g/mol. The number of para-hydroxylation sites is 1. The number of ketones is 1. The number of aromatic nitrogens is 2. The van der Waals surface area contributed by atoms with Crippen LogP contribution in [-0.2, 0) is 9.53 Å². The van der Waals surface area contributed by atoms with E-state index in [-0.39, 0.29) is 22.2 Å². The molecule has 186 valence electrons. The molecular weight excluding hydrogens is 502 g/mol. The summed E-state index contributed by atoms with van der Waals surface area (Å²) in [6.07, 6.45) is 1.44. The molecule has 36 heavy (non-hydrogen) atoms. The zero-order valence-electron chi connectivity index (χ0n) is 20.0. The Balaban J connectivity index is 1.88. The van der Waals surface area contributed by atoms with Crippen molar-refractivity contribution >= 4 is 45.5 Å². The van der Waals surface area contributed by atoms with Crippen molar-refractivity contribution in [2.24, 2.45) is 0 Å². The summed E-state index contributed by atoms with van der Waals surface area (Å²) >= 11 is 2.12. The number of ether oxygens (including phenoxy) is 2. The summed E-state index contributed by atoms with van der Waals surface area (Å²) in [5, 5.41) is 11.8. The molecule has 0 aliphatic carbocycles. The topological polar surface area (TPSA) is 119 Å². The average Bonchev–Trinajstić information content (AvgIpc) is 3.49. The van der Waals surface area contributed by atoms with Crippen LogP contribution in [0.3, 0.4) is 0 Å². The van der Waals surface area contributed by atoms with Crippen molar-refractivity contribution in [1.29, 1.82) is 0 Å². The number of methoxy groups -OCH3 is 1. The van der Waals surface area contributed by atoms with E-state index in [4.69, 9.17) is 9.47 Å². The van der Waals surface area contributed by atoms with Crippen LogP contribution in [0.1, 0.15) is 47.3 Å². The van der Waals surface area contributed by atoms with Crippen LogP contribution in [-0.4, -0.2) is 46.5 Å². The van der Waals surface area contributed by atoms with Crippen LogP contribution in [0, 0.1) is 20.8 Å². The molecule has 0 spiro atoms. The smallest absolute Gasteiger partial charge is 0.350 e. The third kappa shape index (κ3) is 4.31. The van der Waals surface area contributed by atoms with Crippen molar-refractivity contribution in [3.63, 3.8) is 0 Å². The Morgan fingerprint density at radius 2 is 1.83 bits per heavy atom. The SMILES string of the molecule is C=CCOC(=O)c1sc(N2C(=O)C(O)=C(C(=O)c3sc(C)nc3C)C2c2ccccc2OC)nc1C. The fraction of sp³-hybridized carbons (Fsp3) is 0.240. The highest BCUT2D eigenvalue weighted by Crippen LogP contribution is 2.46. The number of hydrogen-bond acceptors (Lipinski definition) is 10. The minimum atomic E-state index is -1.05. The summed E-state index contributed by atoms with van der Waals surface area (Å²) in [7, 11) is 1.48. The van der Waals surface area contributed by atoms with Gasteiger partial charge >= 0.3 is 5.97 Å². The number of anilines is 1. The summed E-state index contributed by atoms with van der Waals surface area (Å²) in [6, 6.07) is 5.85. The second kappa shape index (κ2) is 10.0. The lowest BCUT2D eigenvalue weighted by molar-refractivity contribution is -0.117. The largest absolute Gasteiger partial charge is 0.503 e. The first-order chi connectivity index (χ1) is 17.2. The number of carbonyl (C=O) groups is 3. The molecule has 1 amide bonds. The molecule has 0 fully saturated rings. The lowest BCUT2D eigenvalue weighted by Gasteiger charge is -2.25.